The lowest BCUT2D eigenvalue weighted by atomic mass is 10.2. The number of hydrogen-bond acceptors (Lipinski definition) is 5. The Balaban J connectivity index is 1.95. The zero-order valence-electron chi connectivity index (χ0n) is 11.6. The predicted molar refractivity (Wildman–Crippen MR) is 79.5 cm³/mol. The Labute approximate surface area is 126 Å². The zero-order chi connectivity index (χ0) is 14.4. The van der Waals surface area contributed by atoms with Gasteiger partial charge in [-0.2, -0.15) is 4.98 Å². The van der Waals surface area contributed by atoms with Crippen molar-refractivity contribution < 1.29 is 9.26 Å². The number of nitrogens with one attached hydrogen (secondary N) is 1. The van der Waals surface area contributed by atoms with Gasteiger partial charge in [0.2, 0.25) is 5.89 Å². The van der Waals surface area contributed by atoms with Crippen LogP contribution < -0.4 is 10.1 Å². The van der Waals surface area contributed by atoms with E-state index in [4.69, 9.17) is 9.26 Å². The third-order valence-electron chi connectivity index (χ3n) is 2.65. The van der Waals surface area contributed by atoms with Crippen LogP contribution in [0.25, 0.3) is 0 Å². The largest absolute Gasteiger partial charge is 0.493 e. The van der Waals surface area contributed by atoms with Gasteiger partial charge in [-0.05, 0) is 24.6 Å². The highest BCUT2D eigenvalue weighted by molar-refractivity contribution is 9.10. The standard InChI is InChI=1S/C14H18BrN3O2/c1-3-6-19-13-5-4-12(15)7-11(13)8-16-9-14-17-10(2)20-18-14/h4-5,7,16H,3,6,8-9H2,1-2H3. The van der Waals surface area contributed by atoms with Crippen LogP contribution >= 0.6 is 15.9 Å². The highest BCUT2D eigenvalue weighted by atomic mass is 79.9. The molecule has 0 aliphatic heterocycles. The van der Waals surface area contributed by atoms with Crippen LogP contribution in [0.2, 0.25) is 0 Å². The SMILES string of the molecule is CCCOc1ccc(Br)cc1CNCc1noc(C)n1. The van der Waals surface area contributed by atoms with Crippen LogP contribution in [-0.4, -0.2) is 16.7 Å². The average molecular weight is 340 g/mol. The smallest absolute Gasteiger partial charge is 0.223 e. The summed E-state index contributed by atoms with van der Waals surface area (Å²) < 4.78 is 11.7. The van der Waals surface area contributed by atoms with Crippen molar-refractivity contribution in [3.63, 3.8) is 0 Å². The second-order valence-corrected chi connectivity index (χ2v) is 5.35. The normalized spacial score (nSPS) is 10.8. The zero-order valence-corrected chi connectivity index (χ0v) is 13.2. The highest BCUT2D eigenvalue weighted by Crippen LogP contribution is 2.23. The summed E-state index contributed by atoms with van der Waals surface area (Å²) in [7, 11) is 0. The van der Waals surface area contributed by atoms with Crippen molar-refractivity contribution >= 4 is 15.9 Å². The molecule has 2 aromatic rings. The van der Waals surface area contributed by atoms with Gasteiger partial charge >= 0.3 is 0 Å². The van der Waals surface area contributed by atoms with E-state index in [0.29, 0.717) is 24.8 Å². The number of hydrogen-bond donors (Lipinski definition) is 1. The van der Waals surface area contributed by atoms with Crippen LogP contribution in [0.4, 0.5) is 0 Å². The van der Waals surface area contributed by atoms with Crippen molar-refractivity contribution in [3.8, 4) is 5.75 Å². The van der Waals surface area contributed by atoms with E-state index in [0.717, 1.165) is 28.8 Å². The molecule has 1 aromatic heterocycles. The molecule has 0 saturated heterocycles. The predicted octanol–water partition coefficient (Wildman–Crippen LogP) is 3.22. The van der Waals surface area contributed by atoms with Crippen LogP contribution in [0.3, 0.4) is 0 Å². The average Bonchev–Trinajstić information content (AvgIpc) is 2.84. The molecule has 0 amide bonds. The number of ether oxygens (including phenoxy) is 1. The van der Waals surface area contributed by atoms with Gasteiger partial charge in [0.1, 0.15) is 5.75 Å². The molecule has 0 radical (unpaired) electrons. The van der Waals surface area contributed by atoms with Crippen LogP contribution in [0.1, 0.15) is 30.6 Å². The summed E-state index contributed by atoms with van der Waals surface area (Å²) in [5.74, 6) is 2.15. The molecule has 5 nitrogen and oxygen atoms in total. The van der Waals surface area contributed by atoms with E-state index >= 15 is 0 Å². The van der Waals surface area contributed by atoms with E-state index in [2.05, 4.69) is 44.4 Å². The Morgan fingerprint density at radius 1 is 1.35 bits per heavy atom. The minimum absolute atomic E-state index is 0.567. The summed E-state index contributed by atoms with van der Waals surface area (Å²) >= 11 is 3.48. The maximum absolute atomic E-state index is 5.74. The summed E-state index contributed by atoms with van der Waals surface area (Å²) in [6.07, 6.45) is 0.991. The monoisotopic (exact) mass is 339 g/mol. The molecule has 0 aliphatic carbocycles. The van der Waals surface area contributed by atoms with Crippen LogP contribution in [0, 0.1) is 6.92 Å². The van der Waals surface area contributed by atoms with Crippen molar-refractivity contribution in [1.29, 1.82) is 0 Å². The lowest BCUT2D eigenvalue weighted by Gasteiger charge is -2.11. The van der Waals surface area contributed by atoms with Crippen LogP contribution in [0.5, 0.6) is 5.75 Å². The molecule has 0 bridgehead atoms. The first-order valence-corrected chi connectivity index (χ1v) is 7.39. The molecule has 0 spiro atoms. The van der Waals surface area contributed by atoms with E-state index in [1.165, 1.54) is 0 Å². The Bertz CT molecular complexity index is 557. The van der Waals surface area contributed by atoms with E-state index in [9.17, 15) is 0 Å². The summed E-state index contributed by atoms with van der Waals surface area (Å²) in [5, 5.41) is 7.14. The first-order valence-electron chi connectivity index (χ1n) is 6.60. The molecule has 2 rings (SSSR count). The molecular formula is C14H18BrN3O2. The quantitative estimate of drug-likeness (QED) is 0.839. The number of rotatable bonds is 7. The lowest BCUT2D eigenvalue weighted by Crippen LogP contribution is -2.14. The fraction of sp³-hybridized carbons (Fsp3) is 0.429. The lowest BCUT2D eigenvalue weighted by molar-refractivity contribution is 0.313. The number of nitrogens with zero attached hydrogens (tertiary/aromatic N) is 2. The third-order valence-corrected chi connectivity index (χ3v) is 3.15. The van der Waals surface area contributed by atoms with Gasteiger partial charge in [-0.1, -0.05) is 28.0 Å². The van der Waals surface area contributed by atoms with Gasteiger partial charge in [0, 0.05) is 23.5 Å². The maximum atomic E-state index is 5.74. The molecule has 108 valence electrons. The van der Waals surface area contributed by atoms with E-state index in [1.807, 2.05) is 12.1 Å². The number of aromatic nitrogens is 2. The Hall–Kier alpha value is -1.40. The minimum atomic E-state index is 0.567. The van der Waals surface area contributed by atoms with E-state index < -0.39 is 0 Å². The Kier molecular flexibility index (Phi) is 5.55. The van der Waals surface area contributed by atoms with E-state index in [-0.39, 0.29) is 0 Å². The Morgan fingerprint density at radius 2 is 2.20 bits per heavy atom. The molecule has 0 atom stereocenters. The fourth-order valence-electron chi connectivity index (χ4n) is 1.76. The molecule has 1 N–H and O–H groups in total. The molecule has 1 aromatic carbocycles. The van der Waals surface area contributed by atoms with Gasteiger partial charge in [0.05, 0.1) is 13.2 Å². The second-order valence-electron chi connectivity index (χ2n) is 4.43. The van der Waals surface area contributed by atoms with Crippen LogP contribution in [-0.2, 0) is 13.1 Å². The van der Waals surface area contributed by atoms with Crippen molar-refractivity contribution in [2.75, 3.05) is 6.61 Å². The molecule has 1 heterocycles. The number of benzene rings is 1. The summed E-state index contributed by atoms with van der Waals surface area (Å²) in [6.45, 7) is 5.85. The summed E-state index contributed by atoms with van der Waals surface area (Å²) in [6, 6.07) is 6.02. The fourth-order valence-corrected chi connectivity index (χ4v) is 2.17. The van der Waals surface area contributed by atoms with Crippen molar-refractivity contribution in [2.45, 2.75) is 33.4 Å². The molecule has 0 fully saturated rings. The van der Waals surface area contributed by atoms with Gasteiger partial charge < -0.3 is 14.6 Å². The number of halogens is 1. The summed E-state index contributed by atoms with van der Waals surface area (Å²) in [4.78, 5) is 4.15. The van der Waals surface area contributed by atoms with Gasteiger partial charge in [-0.15, -0.1) is 0 Å². The summed E-state index contributed by atoms with van der Waals surface area (Å²) in [5.41, 5.74) is 1.10. The Morgan fingerprint density at radius 3 is 2.90 bits per heavy atom. The van der Waals surface area contributed by atoms with Crippen LogP contribution in [0.15, 0.2) is 27.2 Å². The van der Waals surface area contributed by atoms with Crippen molar-refractivity contribution in [2.24, 2.45) is 0 Å². The molecule has 6 heteroatoms. The molecular weight excluding hydrogens is 322 g/mol. The van der Waals surface area contributed by atoms with E-state index in [1.54, 1.807) is 6.92 Å². The van der Waals surface area contributed by atoms with Gasteiger partial charge in [0.15, 0.2) is 5.82 Å². The minimum Gasteiger partial charge on any atom is -0.493 e. The molecule has 0 unspecified atom stereocenters. The molecule has 20 heavy (non-hydrogen) atoms. The number of aryl methyl sites for hydroxylation is 1. The topological polar surface area (TPSA) is 60.2 Å². The first kappa shape index (κ1) is 15.0. The highest BCUT2D eigenvalue weighted by Gasteiger charge is 2.06. The first-order chi connectivity index (χ1) is 9.69. The van der Waals surface area contributed by atoms with Gasteiger partial charge in [0.25, 0.3) is 0 Å². The van der Waals surface area contributed by atoms with Gasteiger partial charge in [-0.3, -0.25) is 0 Å². The molecule has 0 aliphatic rings. The molecule has 0 saturated carbocycles. The van der Waals surface area contributed by atoms with Crippen molar-refractivity contribution in [1.82, 2.24) is 15.5 Å². The second kappa shape index (κ2) is 7.40. The van der Waals surface area contributed by atoms with Crippen molar-refractivity contribution in [3.05, 3.63) is 40.0 Å². The third kappa shape index (κ3) is 4.31. The maximum Gasteiger partial charge on any atom is 0.223 e. The van der Waals surface area contributed by atoms with Gasteiger partial charge in [-0.25, -0.2) is 0 Å².